The molecule has 2 atom stereocenters. The Kier molecular flexibility index (Phi) is 4.03. The third-order valence-corrected chi connectivity index (χ3v) is 1.79. The molecule has 0 aliphatic rings. The van der Waals surface area contributed by atoms with Gasteiger partial charge in [0.1, 0.15) is 11.7 Å². The molecule has 2 amide bonds. The summed E-state index contributed by atoms with van der Waals surface area (Å²) >= 11 is 0. The molecule has 0 saturated carbocycles. The van der Waals surface area contributed by atoms with E-state index in [2.05, 4.69) is 0 Å². The first-order valence-electron chi connectivity index (χ1n) is 4.07. The van der Waals surface area contributed by atoms with Crippen LogP contribution in [0.15, 0.2) is 0 Å². The van der Waals surface area contributed by atoms with Crippen molar-refractivity contribution in [1.29, 1.82) is 0 Å². The number of imide groups is 1. The lowest BCUT2D eigenvalue weighted by Crippen LogP contribution is -2.48. The first-order valence-corrected chi connectivity index (χ1v) is 4.07. The molecule has 0 aromatic carbocycles. The van der Waals surface area contributed by atoms with Gasteiger partial charge in [-0.25, -0.2) is 0 Å². The highest BCUT2D eigenvalue weighted by molar-refractivity contribution is 6.00. The Bertz CT molecular complexity index is 210. The molecule has 0 aromatic rings. The maximum Gasteiger partial charge on any atom is 0.258 e. The van der Waals surface area contributed by atoms with Gasteiger partial charge in [0, 0.05) is 0 Å². The van der Waals surface area contributed by atoms with Gasteiger partial charge in [-0.1, -0.05) is 6.92 Å². The van der Waals surface area contributed by atoms with Gasteiger partial charge in [0.05, 0.1) is 0 Å². The fraction of sp³-hybridized carbons (Fsp3) is 0.750. The summed E-state index contributed by atoms with van der Waals surface area (Å²) in [4.78, 5) is 21.9. The van der Waals surface area contributed by atoms with Crippen LogP contribution >= 0.6 is 0 Å². The fourth-order valence-corrected chi connectivity index (χ4v) is 0.512. The van der Waals surface area contributed by atoms with Crippen molar-refractivity contribution >= 4 is 11.8 Å². The van der Waals surface area contributed by atoms with Gasteiger partial charge >= 0.3 is 0 Å². The topological polar surface area (TPSA) is 86.6 Å². The van der Waals surface area contributed by atoms with Crippen molar-refractivity contribution in [2.45, 2.75) is 38.9 Å². The number of hydrogen-bond acceptors (Lipinski definition) is 4. The number of hydrogen-bond donors (Lipinski definition) is 3. The van der Waals surface area contributed by atoms with Crippen molar-refractivity contribution in [3.05, 3.63) is 0 Å². The van der Waals surface area contributed by atoms with E-state index in [0.29, 0.717) is 0 Å². The molecule has 76 valence electrons. The van der Waals surface area contributed by atoms with Crippen LogP contribution in [0.4, 0.5) is 0 Å². The number of rotatable bonds is 3. The summed E-state index contributed by atoms with van der Waals surface area (Å²) in [7, 11) is 0. The molecular weight excluding hydrogens is 174 g/mol. The number of aliphatic hydroxyl groups excluding tert-OH is 1. The summed E-state index contributed by atoms with van der Waals surface area (Å²) < 4.78 is 0. The second-order valence-electron chi connectivity index (χ2n) is 3.12. The summed E-state index contributed by atoms with van der Waals surface area (Å²) in [5, 5.41) is 20.0. The minimum absolute atomic E-state index is 0.200. The van der Waals surface area contributed by atoms with Crippen molar-refractivity contribution in [1.82, 2.24) is 5.32 Å². The van der Waals surface area contributed by atoms with E-state index in [9.17, 15) is 14.7 Å². The molecule has 0 saturated heterocycles. The standard InChI is InChI=1S/C8H15NO4/c1-4-8(3,13)7(12)9-6(11)5(2)10/h5,10,13H,4H2,1-3H3,(H,9,11,12). The van der Waals surface area contributed by atoms with E-state index < -0.39 is 23.5 Å². The Hall–Kier alpha value is -0.940. The molecule has 0 spiro atoms. The van der Waals surface area contributed by atoms with Gasteiger partial charge in [-0.3, -0.25) is 14.9 Å². The van der Waals surface area contributed by atoms with Crippen molar-refractivity contribution < 1.29 is 19.8 Å². The number of amides is 2. The third kappa shape index (κ3) is 3.52. The fourth-order valence-electron chi connectivity index (χ4n) is 0.512. The van der Waals surface area contributed by atoms with Crippen molar-refractivity contribution in [3.63, 3.8) is 0 Å². The van der Waals surface area contributed by atoms with Gasteiger partial charge in [0.2, 0.25) is 0 Å². The molecule has 2 unspecified atom stereocenters. The van der Waals surface area contributed by atoms with E-state index in [4.69, 9.17) is 5.11 Å². The van der Waals surface area contributed by atoms with Crippen LogP contribution in [0.25, 0.3) is 0 Å². The summed E-state index contributed by atoms with van der Waals surface area (Å²) in [6.45, 7) is 4.16. The molecule has 0 heterocycles. The van der Waals surface area contributed by atoms with Crippen LogP contribution in [0.3, 0.4) is 0 Å². The molecule has 0 rings (SSSR count). The molecule has 0 bridgehead atoms. The maximum absolute atomic E-state index is 11.1. The normalized spacial score (nSPS) is 17.3. The zero-order chi connectivity index (χ0) is 10.6. The first-order chi connectivity index (χ1) is 5.81. The summed E-state index contributed by atoms with van der Waals surface area (Å²) in [6, 6.07) is 0. The molecule has 0 aliphatic carbocycles. The van der Waals surface area contributed by atoms with E-state index in [1.165, 1.54) is 13.8 Å². The van der Waals surface area contributed by atoms with E-state index >= 15 is 0 Å². The van der Waals surface area contributed by atoms with E-state index in [1.54, 1.807) is 6.92 Å². The highest BCUT2D eigenvalue weighted by Crippen LogP contribution is 2.07. The van der Waals surface area contributed by atoms with Crippen molar-refractivity contribution in [2.75, 3.05) is 0 Å². The Morgan fingerprint density at radius 1 is 1.54 bits per heavy atom. The second kappa shape index (κ2) is 4.34. The predicted octanol–water partition coefficient (Wildman–Crippen LogP) is -0.829. The highest BCUT2D eigenvalue weighted by atomic mass is 16.3. The molecule has 13 heavy (non-hydrogen) atoms. The van der Waals surface area contributed by atoms with Crippen LogP contribution in [0.5, 0.6) is 0 Å². The lowest BCUT2D eigenvalue weighted by Gasteiger charge is -2.19. The van der Waals surface area contributed by atoms with Crippen molar-refractivity contribution in [3.8, 4) is 0 Å². The summed E-state index contributed by atoms with van der Waals surface area (Å²) in [5.41, 5.74) is -1.56. The SMILES string of the molecule is CCC(C)(O)C(=O)NC(=O)C(C)O. The Morgan fingerprint density at radius 3 is 2.31 bits per heavy atom. The predicted molar refractivity (Wildman–Crippen MR) is 45.7 cm³/mol. The third-order valence-electron chi connectivity index (χ3n) is 1.79. The maximum atomic E-state index is 11.1. The smallest absolute Gasteiger partial charge is 0.258 e. The van der Waals surface area contributed by atoms with E-state index in [-0.39, 0.29) is 6.42 Å². The van der Waals surface area contributed by atoms with Crippen LogP contribution in [-0.4, -0.2) is 33.7 Å². The molecule has 0 aromatic heterocycles. The number of aliphatic hydroxyl groups is 2. The van der Waals surface area contributed by atoms with Crippen LogP contribution < -0.4 is 5.32 Å². The average molecular weight is 189 g/mol. The number of carbonyl (C=O) groups is 2. The van der Waals surface area contributed by atoms with Gasteiger partial charge in [-0.2, -0.15) is 0 Å². The molecule has 5 nitrogen and oxygen atoms in total. The molecule has 0 aliphatic heterocycles. The summed E-state index contributed by atoms with van der Waals surface area (Å²) in [6.07, 6.45) is -1.05. The van der Waals surface area contributed by atoms with Gasteiger partial charge in [-0.15, -0.1) is 0 Å². The lowest BCUT2D eigenvalue weighted by molar-refractivity contribution is -0.145. The summed E-state index contributed by atoms with van der Waals surface area (Å²) in [5.74, 6) is -1.60. The van der Waals surface area contributed by atoms with Crippen LogP contribution in [-0.2, 0) is 9.59 Å². The quantitative estimate of drug-likeness (QED) is 0.541. The first kappa shape index (κ1) is 12.1. The van der Waals surface area contributed by atoms with Crippen LogP contribution in [0, 0.1) is 0 Å². The van der Waals surface area contributed by atoms with Gasteiger partial charge in [-0.05, 0) is 20.3 Å². The van der Waals surface area contributed by atoms with E-state index in [1.807, 2.05) is 5.32 Å². The minimum Gasteiger partial charge on any atom is -0.384 e. The monoisotopic (exact) mass is 189 g/mol. The molecular formula is C8H15NO4. The molecule has 0 radical (unpaired) electrons. The molecule has 0 fully saturated rings. The Balaban J connectivity index is 4.24. The highest BCUT2D eigenvalue weighted by Gasteiger charge is 2.29. The van der Waals surface area contributed by atoms with Crippen LogP contribution in [0.1, 0.15) is 27.2 Å². The molecule has 5 heteroatoms. The van der Waals surface area contributed by atoms with Gasteiger partial charge < -0.3 is 10.2 Å². The van der Waals surface area contributed by atoms with Gasteiger partial charge in [0.15, 0.2) is 0 Å². The Morgan fingerprint density at radius 2 is 2.00 bits per heavy atom. The van der Waals surface area contributed by atoms with E-state index in [0.717, 1.165) is 0 Å². The number of nitrogens with one attached hydrogen (secondary N) is 1. The lowest BCUT2D eigenvalue weighted by atomic mass is 10.0. The average Bonchev–Trinajstić information content (AvgIpc) is 2.04. The largest absolute Gasteiger partial charge is 0.384 e. The van der Waals surface area contributed by atoms with Gasteiger partial charge in [0.25, 0.3) is 11.8 Å². The van der Waals surface area contributed by atoms with Crippen LogP contribution in [0.2, 0.25) is 0 Å². The number of carbonyl (C=O) groups excluding carboxylic acids is 2. The zero-order valence-electron chi connectivity index (χ0n) is 8.00. The zero-order valence-corrected chi connectivity index (χ0v) is 8.00. The second-order valence-corrected chi connectivity index (χ2v) is 3.12. The minimum atomic E-state index is -1.56. The Labute approximate surface area is 76.8 Å². The molecule has 3 N–H and O–H groups in total. The van der Waals surface area contributed by atoms with Crippen molar-refractivity contribution in [2.24, 2.45) is 0 Å².